The summed E-state index contributed by atoms with van der Waals surface area (Å²) in [4.78, 5) is 16.7. The Morgan fingerprint density at radius 2 is 1.11 bits per heavy atom. The molecule has 4 nitrogen and oxygen atoms in total. The van der Waals surface area contributed by atoms with Crippen molar-refractivity contribution in [1.29, 1.82) is 10.8 Å². The van der Waals surface area contributed by atoms with Crippen molar-refractivity contribution >= 4 is 21.7 Å². The van der Waals surface area contributed by atoms with E-state index in [2.05, 4.69) is 13.1 Å². The van der Waals surface area contributed by atoms with Crippen LogP contribution in [0.5, 0.6) is 0 Å². The minimum atomic E-state index is 0.417. The first kappa shape index (κ1) is 15.7. The Morgan fingerprint density at radius 1 is 1.11 bits per heavy atom. The van der Waals surface area contributed by atoms with E-state index in [0.29, 0.717) is 9.52 Å². The van der Waals surface area contributed by atoms with Crippen molar-refractivity contribution in [3.05, 3.63) is 0 Å². The van der Waals surface area contributed by atoms with Crippen molar-refractivity contribution in [3.63, 3.8) is 0 Å². The molecule has 0 amide bonds. The van der Waals surface area contributed by atoms with Crippen LogP contribution in [0.4, 0.5) is 0 Å². The maximum Gasteiger partial charge on any atom is 0.231 e. The molecule has 0 saturated carbocycles. The second-order valence-electron chi connectivity index (χ2n) is 0.911. The Balaban J connectivity index is -0.0000000600. The highest BCUT2D eigenvalue weighted by Gasteiger charge is 1.38. The summed E-state index contributed by atoms with van der Waals surface area (Å²) in [6.07, 6.45) is 1.50. The number of hydrogen-bond acceptors (Lipinski definition) is 4. The number of rotatable bonds is 0. The second-order valence-corrected chi connectivity index (χ2v) is 2.33. The van der Waals surface area contributed by atoms with E-state index in [-0.39, 0.29) is 0 Å². The highest BCUT2D eigenvalue weighted by molar-refractivity contribution is 6.31. The molecular weight excluding hydrogens is 136 g/mol. The van der Waals surface area contributed by atoms with E-state index in [1.54, 1.807) is 0 Å². The van der Waals surface area contributed by atoms with Crippen LogP contribution >= 0.6 is 0 Å². The molecule has 9 heavy (non-hydrogen) atoms. The number of carbonyl (C=O) groups excluding carboxylic acids is 2. The Kier molecular flexibility index (Phi) is 111. The van der Waals surface area contributed by atoms with Crippen molar-refractivity contribution in [2.45, 2.75) is 13.1 Å². The molecule has 0 aromatic heterocycles. The SMILES string of the molecule is C[SiH2]C.N=C=O.N=C=O. The fraction of sp³-hybridized carbons (Fsp3) is 0.500. The van der Waals surface area contributed by atoms with Gasteiger partial charge in [-0.2, -0.15) is 0 Å². The zero-order chi connectivity index (χ0) is 8.12. The summed E-state index contributed by atoms with van der Waals surface area (Å²) in [5, 5.41) is 10.8. The maximum absolute atomic E-state index is 8.35. The van der Waals surface area contributed by atoms with E-state index < -0.39 is 0 Å². The zero-order valence-corrected chi connectivity index (χ0v) is 6.94. The molecule has 0 aliphatic rings. The van der Waals surface area contributed by atoms with Crippen LogP contribution in [0.3, 0.4) is 0 Å². The molecule has 0 rings (SSSR count). The molecule has 0 aliphatic heterocycles. The highest BCUT2D eigenvalue weighted by atomic mass is 28.2. The topological polar surface area (TPSA) is 81.8 Å². The molecular formula is C4H10N2O2Si. The van der Waals surface area contributed by atoms with Crippen LogP contribution < -0.4 is 0 Å². The van der Waals surface area contributed by atoms with Gasteiger partial charge in [0.2, 0.25) is 12.2 Å². The molecule has 0 spiro atoms. The average molecular weight is 146 g/mol. The lowest BCUT2D eigenvalue weighted by molar-refractivity contribution is 0.562. The maximum atomic E-state index is 8.35. The molecule has 0 saturated heterocycles. The Bertz CT molecular complexity index is 80.7. The molecule has 0 unspecified atom stereocenters. The minimum Gasteiger partial charge on any atom is -0.222 e. The fourth-order valence-electron chi connectivity index (χ4n) is 0. The Labute approximate surface area is 56.1 Å². The van der Waals surface area contributed by atoms with E-state index in [9.17, 15) is 0 Å². The van der Waals surface area contributed by atoms with Crippen molar-refractivity contribution in [3.8, 4) is 0 Å². The first-order valence-electron chi connectivity index (χ1n) is 2.32. The third-order valence-corrected chi connectivity index (χ3v) is 0. The smallest absolute Gasteiger partial charge is 0.222 e. The van der Waals surface area contributed by atoms with Gasteiger partial charge in [0.1, 0.15) is 0 Å². The summed E-state index contributed by atoms with van der Waals surface area (Å²) in [6.45, 7) is 4.53. The Morgan fingerprint density at radius 3 is 1.11 bits per heavy atom. The first-order valence-corrected chi connectivity index (χ1v) is 5.15. The van der Waals surface area contributed by atoms with Gasteiger partial charge in [-0.15, -0.1) is 0 Å². The van der Waals surface area contributed by atoms with E-state index in [1.165, 1.54) is 0 Å². The standard InChI is InChI=1S/C2H8Si.2CHNO/c1-3-2;2*2-1-3/h3H2,1-2H3;2*2H. The number of isocyanates is 2. The van der Waals surface area contributed by atoms with Gasteiger partial charge >= 0.3 is 0 Å². The van der Waals surface area contributed by atoms with Gasteiger partial charge in [-0.05, 0) is 0 Å². The van der Waals surface area contributed by atoms with Crippen LogP contribution in [0.15, 0.2) is 0 Å². The second kappa shape index (κ2) is 63.8. The van der Waals surface area contributed by atoms with Crippen molar-refractivity contribution in [2.75, 3.05) is 0 Å². The predicted octanol–water partition coefficient (Wildman–Crippen LogP) is 0.0533. The van der Waals surface area contributed by atoms with Gasteiger partial charge in [-0.1, -0.05) is 13.1 Å². The lowest BCUT2D eigenvalue weighted by Gasteiger charge is -1.45. The molecule has 52 valence electrons. The van der Waals surface area contributed by atoms with Gasteiger partial charge < -0.3 is 0 Å². The first-order chi connectivity index (χ1) is 4.24. The van der Waals surface area contributed by atoms with Gasteiger partial charge in [0.05, 0.1) is 0 Å². The molecule has 2 N–H and O–H groups in total. The van der Waals surface area contributed by atoms with Gasteiger partial charge in [-0.25, -0.2) is 20.4 Å². The van der Waals surface area contributed by atoms with Gasteiger partial charge in [0.15, 0.2) is 0 Å². The van der Waals surface area contributed by atoms with Gasteiger partial charge in [-0.3, -0.25) is 0 Å². The average Bonchev–Trinajstić information content (AvgIpc) is 1.70. The summed E-state index contributed by atoms with van der Waals surface area (Å²) >= 11 is 0. The molecule has 0 aromatic rings. The summed E-state index contributed by atoms with van der Waals surface area (Å²) in [5.74, 6) is 0. The molecule has 0 aromatic carbocycles. The largest absolute Gasteiger partial charge is 0.231 e. The molecule has 0 fully saturated rings. The predicted molar refractivity (Wildman–Crippen MR) is 37.1 cm³/mol. The number of hydrogen-bond donors (Lipinski definition) is 2. The van der Waals surface area contributed by atoms with Crippen molar-refractivity contribution < 1.29 is 9.59 Å². The van der Waals surface area contributed by atoms with Gasteiger partial charge in [0.25, 0.3) is 0 Å². The fourth-order valence-corrected chi connectivity index (χ4v) is 0. The van der Waals surface area contributed by atoms with Crippen LogP contribution in [0.25, 0.3) is 0 Å². The third-order valence-electron chi connectivity index (χ3n) is 0. The van der Waals surface area contributed by atoms with Crippen LogP contribution in [0.2, 0.25) is 13.1 Å². The van der Waals surface area contributed by atoms with Crippen molar-refractivity contribution in [1.82, 2.24) is 0 Å². The van der Waals surface area contributed by atoms with Crippen LogP contribution in [0.1, 0.15) is 0 Å². The lowest BCUT2D eigenvalue weighted by atomic mass is 11.7. The van der Waals surface area contributed by atoms with Crippen molar-refractivity contribution in [2.24, 2.45) is 0 Å². The van der Waals surface area contributed by atoms with Crippen LogP contribution in [0, 0.1) is 10.8 Å². The van der Waals surface area contributed by atoms with Crippen LogP contribution in [-0.4, -0.2) is 21.7 Å². The molecule has 0 bridgehead atoms. The number of nitrogens with one attached hydrogen (secondary N) is 2. The molecule has 5 heteroatoms. The summed E-state index contributed by atoms with van der Waals surface area (Å²) < 4.78 is 0. The summed E-state index contributed by atoms with van der Waals surface area (Å²) in [7, 11) is 0.417. The van der Waals surface area contributed by atoms with E-state index in [0.717, 1.165) is 12.2 Å². The minimum absolute atomic E-state index is 0.417. The highest BCUT2D eigenvalue weighted by Crippen LogP contribution is 1.36. The van der Waals surface area contributed by atoms with E-state index in [4.69, 9.17) is 20.4 Å². The quantitative estimate of drug-likeness (QED) is 0.287. The molecule has 0 aliphatic carbocycles. The van der Waals surface area contributed by atoms with E-state index >= 15 is 0 Å². The Hall–Kier alpha value is -1.02. The lowest BCUT2D eigenvalue weighted by Crippen LogP contribution is -1.53. The van der Waals surface area contributed by atoms with Crippen LogP contribution in [-0.2, 0) is 9.59 Å². The third kappa shape index (κ3) is 165. The normalized spacial score (nSPS) is 3.78. The molecule has 0 radical (unpaired) electrons. The molecule has 0 heterocycles. The van der Waals surface area contributed by atoms with E-state index in [1.807, 2.05) is 0 Å². The monoisotopic (exact) mass is 146 g/mol. The summed E-state index contributed by atoms with van der Waals surface area (Å²) in [5.41, 5.74) is 0. The summed E-state index contributed by atoms with van der Waals surface area (Å²) in [6, 6.07) is 0. The molecule has 0 atom stereocenters. The van der Waals surface area contributed by atoms with Gasteiger partial charge in [0, 0.05) is 9.52 Å². The zero-order valence-electron chi connectivity index (χ0n) is 5.52.